The monoisotopic (exact) mass is 1170 g/mol. The molecule has 15 nitrogen and oxygen atoms in total. The lowest BCUT2D eigenvalue weighted by molar-refractivity contribution is 0.415. The fraction of sp³-hybridized carbons (Fsp3) is 0.0909. The molecule has 0 unspecified atom stereocenters. The number of hydrogen-bond acceptors (Lipinski definition) is 15. The number of benzene rings is 12. The van der Waals surface area contributed by atoms with E-state index in [4.69, 9.17) is 69.1 Å². The van der Waals surface area contributed by atoms with Gasteiger partial charge in [-0.3, -0.25) is 0 Å². The van der Waals surface area contributed by atoms with E-state index in [2.05, 4.69) is 0 Å². The van der Waals surface area contributed by atoms with Crippen molar-refractivity contribution in [2.24, 2.45) is 13.5 Å². The van der Waals surface area contributed by atoms with Crippen LogP contribution in [-0.4, -0.2) is 42.7 Å². The first-order valence-corrected chi connectivity index (χ1v) is 31.1. The molecular weight excluding hydrogens is 1120 g/mol. The maximum Gasteiger partial charge on any atom is 0.460 e. The molecular formula is C66H54N3O12P3. The third-order valence-electron chi connectivity index (χ3n) is 14.1. The molecule has 18 heteroatoms. The van der Waals surface area contributed by atoms with Gasteiger partial charge in [-0.1, -0.05) is 86.3 Å². The Balaban J connectivity index is 1.14. The summed E-state index contributed by atoms with van der Waals surface area (Å²) in [5.74, 6) is 5.93. The van der Waals surface area contributed by atoms with Crippen molar-refractivity contribution in [3.8, 4) is 69.0 Å². The van der Waals surface area contributed by atoms with Crippen molar-refractivity contribution < 1.29 is 55.6 Å². The Kier molecular flexibility index (Phi) is 14.3. The zero-order chi connectivity index (χ0) is 57.4. The highest BCUT2D eigenvalue weighted by molar-refractivity contribution is 7.79. The quantitative estimate of drug-likeness (QED) is 0.0753. The van der Waals surface area contributed by atoms with Crippen LogP contribution < -0.4 is 55.6 Å². The molecule has 0 saturated heterocycles. The molecule has 0 fully saturated rings. The van der Waals surface area contributed by atoms with Gasteiger partial charge in [-0.15, -0.1) is 0 Å². The minimum absolute atomic E-state index is 0.336. The van der Waals surface area contributed by atoms with Crippen LogP contribution in [0.2, 0.25) is 0 Å². The second kappa shape index (κ2) is 22.3. The molecule has 0 bridgehead atoms. The maximum absolute atomic E-state index is 7.45. The number of methoxy groups -OCH3 is 6. The summed E-state index contributed by atoms with van der Waals surface area (Å²) in [5, 5.41) is 10.4. The smallest absolute Gasteiger partial charge is 0.460 e. The average molecular weight is 1170 g/mol. The highest BCUT2D eigenvalue weighted by Gasteiger charge is 2.49. The van der Waals surface area contributed by atoms with Crippen LogP contribution in [0.3, 0.4) is 0 Å². The predicted octanol–water partition coefficient (Wildman–Crippen LogP) is 19.3. The molecule has 0 aromatic heterocycles. The summed E-state index contributed by atoms with van der Waals surface area (Å²) in [7, 11) is -3.59. The van der Waals surface area contributed by atoms with E-state index in [1.165, 1.54) is 0 Å². The lowest BCUT2D eigenvalue weighted by Crippen LogP contribution is -2.11. The van der Waals surface area contributed by atoms with Gasteiger partial charge in [0.05, 0.1) is 42.7 Å². The van der Waals surface area contributed by atoms with E-state index < -0.39 is 23.0 Å². The van der Waals surface area contributed by atoms with E-state index in [-0.39, 0.29) is 0 Å². The van der Waals surface area contributed by atoms with Gasteiger partial charge in [-0.05, 0) is 210 Å². The number of hydrogen-bond donors (Lipinski definition) is 0. The molecule has 0 radical (unpaired) electrons. The Bertz CT molecular complexity index is 3980. The lowest BCUT2D eigenvalue weighted by atomic mass is 10.1. The molecule has 0 N–H and O–H groups in total. The molecule has 420 valence electrons. The first kappa shape index (κ1) is 53.8. The molecule has 1 aliphatic rings. The van der Waals surface area contributed by atoms with Gasteiger partial charge in [0.1, 0.15) is 69.0 Å². The van der Waals surface area contributed by atoms with E-state index in [9.17, 15) is 0 Å². The first-order chi connectivity index (χ1) is 41.0. The Labute approximate surface area is 484 Å². The van der Waals surface area contributed by atoms with Gasteiger partial charge in [-0.2, -0.15) is 0 Å². The van der Waals surface area contributed by atoms with E-state index in [1.807, 2.05) is 218 Å². The molecule has 0 saturated carbocycles. The molecule has 0 atom stereocenters. The Morgan fingerprint density at radius 1 is 0.179 bits per heavy atom. The van der Waals surface area contributed by atoms with Crippen molar-refractivity contribution in [2.75, 3.05) is 42.7 Å². The molecule has 12 aromatic carbocycles. The summed E-state index contributed by atoms with van der Waals surface area (Å²) in [6, 6.07) is 68.9. The predicted molar refractivity (Wildman–Crippen MR) is 335 cm³/mol. The second-order valence-electron chi connectivity index (χ2n) is 19.5. The van der Waals surface area contributed by atoms with Crippen molar-refractivity contribution in [3.05, 3.63) is 218 Å². The molecule has 0 aliphatic carbocycles. The van der Waals surface area contributed by atoms with Gasteiger partial charge >= 0.3 is 23.0 Å². The van der Waals surface area contributed by atoms with E-state index in [0.717, 1.165) is 64.6 Å². The Hall–Kier alpha value is -9.51. The summed E-state index contributed by atoms with van der Waals surface area (Å²) < 4.78 is 95.8. The van der Waals surface area contributed by atoms with Gasteiger partial charge in [0.2, 0.25) is 0 Å². The summed E-state index contributed by atoms with van der Waals surface area (Å²) in [5.41, 5.74) is 0. The normalized spacial score (nSPS) is 13.9. The highest BCUT2D eigenvalue weighted by atomic mass is 31.3. The molecule has 0 amide bonds. The second-order valence-corrected chi connectivity index (χ2v) is 25.7. The van der Waals surface area contributed by atoms with Gasteiger partial charge in [0, 0.05) is 0 Å². The van der Waals surface area contributed by atoms with Crippen molar-refractivity contribution in [2.45, 2.75) is 0 Å². The number of ether oxygens (including phenoxy) is 6. The van der Waals surface area contributed by atoms with Crippen molar-refractivity contribution >= 4 is 87.6 Å². The fourth-order valence-electron chi connectivity index (χ4n) is 9.90. The van der Waals surface area contributed by atoms with E-state index in [1.54, 1.807) is 42.7 Å². The lowest BCUT2D eigenvalue weighted by Gasteiger charge is -2.33. The van der Waals surface area contributed by atoms with Crippen LogP contribution in [0.1, 0.15) is 0 Å². The minimum Gasteiger partial charge on any atom is -0.497 e. The van der Waals surface area contributed by atoms with Crippen LogP contribution in [0.5, 0.6) is 69.0 Å². The standard InChI is InChI=1S/C66H54N3O12P3/c1-70-55-19-7-43-13-25-61(37-49(43)31-55)76-82(77-62-26-14-44-8-20-56(71-2)32-50(44)38-62)67-83(78-63-27-15-45-9-21-57(72-3)33-51(45)39-63,79-64-28-16-46-10-22-58(73-4)34-52(46)40-64)69-84(68-82,80-65-29-17-47-11-23-59(74-5)35-53(47)41-65)81-66-30-18-48-12-24-60(75-6)36-54(48)42-66/h7-42H,1-6H3. The van der Waals surface area contributed by atoms with Gasteiger partial charge in [-0.25, -0.2) is 0 Å². The first-order valence-electron chi connectivity index (χ1n) is 26.6. The van der Waals surface area contributed by atoms with Crippen LogP contribution in [0, 0.1) is 0 Å². The van der Waals surface area contributed by atoms with Crippen LogP contribution >= 0.6 is 23.0 Å². The maximum atomic E-state index is 7.45. The third kappa shape index (κ3) is 11.1. The van der Waals surface area contributed by atoms with Crippen LogP contribution in [0.15, 0.2) is 232 Å². The molecule has 1 heterocycles. The number of rotatable bonds is 18. The third-order valence-corrected chi connectivity index (χ3v) is 22.3. The van der Waals surface area contributed by atoms with E-state index >= 15 is 0 Å². The fourth-order valence-corrected chi connectivity index (χ4v) is 18.9. The van der Waals surface area contributed by atoms with Gasteiger partial charge < -0.3 is 55.6 Å². The zero-order valence-corrected chi connectivity index (χ0v) is 49.1. The minimum atomic E-state index is -4.45. The zero-order valence-electron chi connectivity index (χ0n) is 46.4. The summed E-state index contributed by atoms with van der Waals surface area (Å²) >= 11 is 0. The summed E-state index contributed by atoms with van der Waals surface area (Å²) in [6.07, 6.45) is 0. The molecule has 12 aromatic rings. The Morgan fingerprint density at radius 2 is 0.310 bits per heavy atom. The topological polar surface area (TPSA) is 148 Å². The summed E-state index contributed by atoms with van der Waals surface area (Å²) in [6.45, 7) is 0. The molecule has 13 rings (SSSR count). The average Bonchev–Trinajstić information content (AvgIpc) is 1.19. The van der Waals surface area contributed by atoms with Crippen molar-refractivity contribution in [1.29, 1.82) is 0 Å². The van der Waals surface area contributed by atoms with Crippen LogP contribution in [-0.2, 0) is 0 Å². The van der Waals surface area contributed by atoms with Crippen LogP contribution in [0.25, 0.3) is 64.6 Å². The molecule has 84 heavy (non-hydrogen) atoms. The SMILES string of the molecule is COc1ccc2ccc(OP3(Oc4ccc5ccc(OC)cc5c4)=NP(Oc4ccc5ccc(OC)cc5c4)(Oc4ccc5ccc(OC)cc5c4)=NP(Oc4ccc5ccc(OC)cc5c4)(Oc4ccc5ccc(OC)cc5c4)=N3)cc2c1. The Morgan fingerprint density at radius 3 is 0.452 bits per heavy atom. The van der Waals surface area contributed by atoms with Crippen LogP contribution in [0.4, 0.5) is 0 Å². The number of nitrogens with zero attached hydrogens (tertiary/aromatic N) is 3. The summed E-state index contributed by atoms with van der Waals surface area (Å²) in [4.78, 5) is 0. The number of fused-ring (bicyclic) bond motifs is 6. The van der Waals surface area contributed by atoms with Gasteiger partial charge in [0.25, 0.3) is 0 Å². The highest BCUT2D eigenvalue weighted by Crippen LogP contribution is 2.79. The molecule has 0 spiro atoms. The van der Waals surface area contributed by atoms with Gasteiger partial charge in [0.15, 0.2) is 0 Å². The van der Waals surface area contributed by atoms with E-state index in [0.29, 0.717) is 69.0 Å². The molecule has 1 aliphatic heterocycles. The van der Waals surface area contributed by atoms with Crippen molar-refractivity contribution in [1.82, 2.24) is 0 Å². The van der Waals surface area contributed by atoms with Crippen molar-refractivity contribution in [3.63, 3.8) is 0 Å². The largest absolute Gasteiger partial charge is 0.497 e.